The van der Waals surface area contributed by atoms with Crippen LogP contribution in [0.2, 0.25) is 10.3 Å². The SMILES string of the molecule is COc1cc(C)c(S(=O)(=O)N(C)CCC(=O)Cl)c(C)c1.COc1cc(C)c(S(=O)(=O)N(C)CCC(=O)Nc2ccc(Cl)nn2)c(C)c1.Nc1ccc(Cl)nn1. The van der Waals surface area contributed by atoms with E-state index in [1.54, 1.807) is 64.1 Å². The number of nitrogens with two attached hydrogens (primary N) is 1. The van der Waals surface area contributed by atoms with E-state index in [1.807, 2.05) is 0 Å². The van der Waals surface area contributed by atoms with Crippen LogP contribution in [0.4, 0.5) is 11.6 Å². The van der Waals surface area contributed by atoms with Gasteiger partial charge >= 0.3 is 0 Å². The van der Waals surface area contributed by atoms with E-state index in [-0.39, 0.29) is 52.6 Å². The Morgan fingerprint density at radius 3 is 1.42 bits per heavy atom. The number of amides is 1. The van der Waals surface area contributed by atoms with Crippen LogP contribution in [-0.2, 0) is 29.6 Å². The summed E-state index contributed by atoms with van der Waals surface area (Å²) in [7, 11) is -1.48. The number of carbonyl (C=O) groups is 2. The zero-order valence-corrected chi connectivity index (χ0v) is 35.3. The molecule has 300 valence electrons. The summed E-state index contributed by atoms with van der Waals surface area (Å²) in [6.07, 6.45) is -0.0557. The van der Waals surface area contributed by atoms with Crippen molar-refractivity contribution in [3.8, 4) is 11.5 Å². The summed E-state index contributed by atoms with van der Waals surface area (Å²) in [4.78, 5) is 23.2. The van der Waals surface area contributed by atoms with Gasteiger partial charge in [0.05, 0.1) is 24.0 Å². The second-order valence-corrected chi connectivity index (χ2v) is 16.9. The molecule has 0 spiro atoms. The van der Waals surface area contributed by atoms with Gasteiger partial charge in [-0.05, 0) is 110 Å². The van der Waals surface area contributed by atoms with Gasteiger partial charge in [0.2, 0.25) is 31.2 Å². The minimum Gasteiger partial charge on any atom is -0.497 e. The van der Waals surface area contributed by atoms with Crippen molar-refractivity contribution in [1.29, 1.82) is 0 Å². The van der Waals surface area contributed by atoms with Crippen LogP contribution in [0.25, 0.3) is 0 Å². The number of aryl methyl sites for hydroxylation is 4. The molecule has 0 saturated heterocycles. The van der Waals surface area contributed by atoms with Crippen molar-refractivity contribution in [3.63, 3.8) is 0 Å². The third-order valence-electron chi connectivity index (χ3n) is 7.50. The molecule has 0 aliphatic rings. The maximum atomic E-state index is 12.9. The van der Waals surface area contributed by atoms with E-state index in [1.165, 1.54) is 40.4 Å². The number of nitrogens with one attached hydrogen (secondary N) is 1. The van der Waals surface area contributed by atoms with Gasteiger partial charge < -0.3 is 20.5 Å². The fourth-order valence-electron chi connectivity index (χ4n) is 4.84. The lowest BCUT2D eigenvalue weighted by atomic mass is 10.1. The molecular weight excluding hydrogens is 819 g/mol. The van der Waals surface area contributed by atoms with Gasteiger partial charge in [-0.25, -0.2) is 25.4 Å². The van der Waals surface area contributed by atoms with Crippen molar-refractivity contribution < 1.29 is 35.9 Å². The molecule has 0 radical (unpaired) electrons. The van der Waals surface area contributed by atoms with Gasteiger partial charge in [-0.1, -0.05) is 23.2 Å². The Bertz CT molecular complexity index is 2090. The number of carbonyl (C=O) groups excluding carboxylic acids is 2. The van der Waals surface area contributed by atoms with E-state index >= 15 is 0 Å². The molecule has 0 unspecified atom stereocenters. The third kappa shape index (κ3) is 14.1. The lowest BCUT2D eigenvalue weighted by Gasteiger charge is -2.20. The molecule has 2 heterocycles. The fourth-order valence-corrected chi connectivity index (χ4v) is 8.28. The summed E-state index contributed by atoms with van der Waals surface area (Å²) in [6.45, 7) is 6.91. The van der Waals surface area contributed by atoms with Gasteiger partial charge in [-0.2, -0.15) is 0 Å². The molecule has 1 amide bonds. The van der Waals surface area contributed by atoms with Crippen LogP contribution in [-0.4, -0.2) is 98.4 Å². The van der Waals surface area contributed by atoms with Crippen molar-refractivity contribution in [2.75, 3.05) is 52.5 Å². The molecule has 0 atom stereocenters. The number of methoxy groups -OCH3 is 2. The number of aromatic nitrogens is 4. The molecule has 21 heteroatoms. The van der Waals surface area contributed by atoms with Crippen LogP contribution < -0.4 is 20.5 Å². The predicted octanol–water partition coefficient (Wildman–Crippen LogP) is 5.20. The molecule has 4 aromatic rings. The zero-order valence-electron chi connectivity index (χ0n) is 31.4. The number of benzene rings is 2. The van der Waals surface area contributed by atoms with Crippen molar-refractivity contribution in [2.24, 2.45) is 0 Å². The summed E-state index contributed by atoms with van der Waals surface area (Å²) in [5, 5.41) is 16.8. The summed E-state index contributed by atoms with van der Waals surface area (Å²) in [5.74, 6) is 1.45. The zero-order chi connectivity index (χ0) is 41.7. The first-order valence-corrected chi connectivity index (χ1v) is 20.1. The van der Waals surface area contributed by atoms with Gasteiger partial charge in [0.25, 0.3) is 0 Å². The Labute approximate surface area is 336 Å². The Hall–Kier alpha value is -4.17. The van der Waals surface area contributed by atoms with Crippen molar-refractivity contribution in [2.45, 2.75) is 50.3 Å². The van der Waals surface area contributed by atoms with E-state index in [0.29, 0.717) is 44.7 Å². The van der Waals surface area contributed by atoms with E-state index in [2.05, 4.69) is 25.7 Å². The lowest BCUT2D eigenvalue weighted by molar-refractivity contribution is -0.116. The van der Waals surface area contributed by atoms with Crippen LogP contribution in [0.3, 0.4) is 0 Å². The number of hydrogen-bond donors (Lipinski definition) is 2. The first-order valence-electron chi connectivity index (χ1n) is 16.1. The topological polar surface area (TPSA) is 217 Å². The summed E-state index contributed by atoms with van der Waals surface area (Å²) >= 11 is 16.3. The standard InChI is InChI=1S/C17H21ClN4O4S.C13H18ClNO4S.C4H4ClN3/c1-11-9-13(26-4)10-12(2)17(11)27(24,25)22(3)8-7-16(23)19-15-6-5-14(18)20-21-15;1-9-7-11(19-4)8-10(2)13(9)20(17,18)15(3)6-5-12(14)16;5-3-1-2-4(6)8-7-3/h5-6,9-10H,7-8H2,1-4H3,(H,19,21,23);7-8H,5-6H2,1-4H3;1-2H,(H2,6,8). The Morgan fingerprint density at radius 1 is 0.691 bits per heavy atom. The number of ether oxygens (including phenoxy) is 2. The highest BCUT2D eigenvalue weighted by molar-refractivity contribution is 7.89. The molecule has 16 nitrogen and oxygen atoms in total. The maximum Gasteiger partial charge on any atom is 0.243 e. The number of halogens is 3. The van der Waals surface area contributed by atoms with Gasteiger partial charge in [0, 0.05) is 40.0 Å². The highest BCUT2D eigenvalue weighted by atomic mass is 35.5. The number of hydrogen-bond acceptors (Lipinski definition) is 13. The second kappa shape index (κ2) is 21.2. The molecule has 55 heavy (non-hydrogen) atoms. The van der Waals surface area contributed by atoms with E-state index < -0.39 is 25.3 Å². The summed E-state index contributed by atoms with van der Waals surface area (Å²) in [5.41, 5.74) is 7.57. The van der Waals surface area contributed by atoms with Gasteiger partial charge in [-0.15, -0.1) is 20.4 Å². The lowest BCUT2D eigenvalue weighted by Crippen LogP contribution is -2.31. The maximum absolute atomic E-state index is 12.9. The first kappa shape index (κ1) is 47.0. The van der Waals surface area contributed by atoms with Crippen molar-refractivity contribution in [3.05, 3.63) is 81.1 Å². The van der Waals surface area contributed by atoms with Crippen molar-refractivity contribution in [1.82, 2.24) is 29.0 Å². The molecule has 0 aliphatic heterocycles. The Morgan fingerprint density at radius 2 is 1.09 bits per heavy atom. The number of nitrogen functional groups attached to an aromatic ring is 1. The fraction of sp³-hybridized carbons (Fsp3) is 0.353. The molecule has 0 aliphatic carbocycles. The van der Waals surface area contributed by atoms with Crippen LogP contribution in [0.1, 0.15) is 35.1 Å². The number of sulfonamides is 2. The third-order valence-corrected chi connectivity index (χ3v) is 12.4. The van der Waals surface area contributed by atoms with Crippen molar-refractivity contribution >= 4 is 77.6 Å². The van der Waals surface area contributed by atoms with Crippen LogP contribution in [0.5, 0.6) is 11.5 Å². The molecular formula is C34H43Cl3N8O8S2. The smallest absolute Gasteiger partial charge is 0.243 e. The van der Waals surface area contributed by atoms with Crippen LogP contribution >= 0.6 is 34.8 Å². The Kier molecular flexibility index (Phi) is 18.1. The highest BCUT2D eigenvalue weighted by Gasteiger charge is 2.27. The average molecular weight is 862 g/mol. The summed E-state index contributed by atoms with van der Waals surface area (Å²) < 4.78 is 63.4. The molecule has 2 aromatic heterocycles. The van der Waals surface area contributed by atoms with Gasteiger partial charge in [0.15, 0.2) is 16.1 Å². The predicted molar refractivity (Wildman–Crippen MR) is 212 cm³/mol. The molecule has 0 fully saturated rings. The number of anilines is 2. The molecule has 2 aromatic carbocycles. The van der Waals surface area contributed by atoms with E-state index in [4.69, 9.17) is 50.0 Å². The summed E-state index contributed by atoms with van der Waals surface area (Å²) in [6, 6.07) is 12.9. The molecule has 0 bridgehead atoms. The number of nitrogens with zero attached hydrogens (tertiary/aromatic N) is 6. The highest BCUT2D eigenvalue weighted by Crippen LogP contribution is 2.29. The molecule has 0 saturated carbocycles. The number of rotatable bonds is 13. The van der Waals surface area contributed by atoms with Crippen LogP contribution in [0, 0.1) is 27.7 Å². The molecule has 3 N–H and O–H groups in total. The first-order chi connectivity index (χ1) is 25.6. The average Bonchev–Trinajstić information content (AvgIpc) is 3.11. The Balaban J connectivity index is 0.000000325. The monoisotopic (exact) mass is 860 g/mol. The minimum atomic E-state index is -3.75. The van der Waals surface area contributed by atoms with E-state index in [9.17, 15) is 26.4 Å². The molecule has 4 rings (SSSR count). The second-order valence-electron chi connectivity index (χ2n) is 11.8. The van der Waals surface area contributed by atoms with Gasteiger partial charge in [-0.3, -0.25) is 9.59 Å². The normalized spacial score (nSPS) is 11.2. The van der Waals surface area contributed by atoms with Crippen LogP contribution in [0.15, 0.2) is 58.3 Å². The largest absolute Gasteiger partial charge is 0.497 e. The quantitative estimate of drug-likeness (QED) is 0.165. The minimum absolute atomic E-state index is 0.0140. The van der Waals surface area contributed by atoms with E-state index in [0.717, 1.165) is 8.61 Å². The van der Waals surface area contributed by atoms with Gasteiger partial charge in [0.1, 0.15) is 17.3 Å².